The maximum atomic E-state index is 11.6. The first kappa shape index (κ1) is 14.7. The van der Waals surface area contributed by atoms with Crippen molar-refractivity contribution >= 4 is 35.3 Å². The number of halogens is 1. The van der Waals surface area contributed by atoms with Crippen LogP contribution in [0.1, 0.15) is 18.5 Å². The lowest BCUT2D eigenvalue weighted by atomic mass is 10.1. The van der Waals surface area contributed by atoms with E-state index in [1.165, 1.54) is 7.11 Å². The van der Waals surface area contributed by atoms with Crippen molar-refractivity contribution in [2.75, 3.05) is 31.3 Å². The lowest BCUT2D eigenvalue weighted by Gasteiger charge is -2.32. The minimum absolute atomic E-state index is 0.161. The van der Waals surface area contributed by atoms with Gasteiger partial charge in [0, 0.05) is 31.3 Å². The molecule has 0 bridgehead atoms. The highest BCUT2D eigenvalue weighted by Crippen LogP contribution is 2.36. The molecule has 21 heavy (non-hydrogen) atoms. The number of hydrogen-bond acceptors (Lipinski definition) is 6. The van der Waals surface area contributed by atoms with Gasteiger partial charge in [-0.05, 0) is 24.4 Å². The number of carbonyl (C=O) groups is 1. The molecule has 1 aromatic heterocycles. The molecule has 3 heterocycles. The first-order valence-electron chi connectivity index (χ1n) is 6.96. The van der Waals surface area contributed by atoms with Crippen molar-refractivity contribution in [2.24, 2.45) is 0 Å². The van der Waals surface area contributed by atoms with Gasteiger partial charge in [0.15, 0.2) is 0 Å². The largest absolute Gasteiger partial charge is 0.453 e. The normalized spacial score (nSPS) is 21.0. The molecule has 2 aliphatic rings. The SMILES string of the molecule is COC(=O)N1CCC[C@H](Nc2nc(Cl)nc3c2SCC3)C1. The Morgan fingerprint density at radius 2 is 2.38 bits per heavy atom. The molecule has 1 saturated heterocycles. The first-order valence-corrected chi connectivity index (χ1v) is 8.32. The summed E-state index contributed by atoms with van der Waals surface area (Å²) < 4.78 is 4.79. The van der Waals surface area contributed by atoms with Gasteiger partial charge in [-0.15, -0.1) is 11.8 Å². The van der Waals surface area contributed by atoms with E-state index >= 15 is 0 Å². The molecular formula is C13H17ClN4O2S. The Hall–Kier alpha value is -1.21. The van der Waals surface area contributed by atoms with Crippen LogP contribution in [0.5, 0.6) is 0 Å². The lowest BCUT2D eigenvalue weighted by Crippen LogP contribution is -2.45. The Bertz CT molecular complexity index is 557. The fraction of sp³-hybridized carbons (Fsp3) is 0.615. The third kappa shape index (κ3) is 3.18. The molecule has 1 fully saturated rings. The van der Waals surface area contributed by atoms with E-state index in [0.717, 1.165) is 48.0 Å². The summed E-state index contributed by atoms with van der Waals surface area (Å²) in [6.45, 7) is 1.36. The van der Waals surface area contributed by atoms with Crippen LogP contribution < -0.4 is 5.32 Å². The van der Waals surface area contributed by atoms with Gasteiger partial charge in [-0.3, -0.25) is 0 Å². The number of piperidine rings is 1. The van der Waals surface area contributed by atoms with Crippen LogP contribution in [0.3, 0.4) is 0 Å². The fourth-order valence-electron chi connectivity index (χ4n) is 2.72. The molecule has 114 valence electrons. The predicted octanol–water partition coefficient (Wildman–Crippen LogP) is 2.42. The molecule has 0 radical (unpaired) electrons. The van der Waals surface area contributed by atoms with Gasteiger partial charge in [0.25, 0.3) is 0 Å². The summed E-state index contributed by atoms with van der Waals surface area (Å²) >= 11 is 7.74. The number of rotatable bonds is 2. The molecule has 1 N–H and O–H groups in total. The third-order valence-electron chi connectivity index (χ3n) is 3.69. The van der Waals surface area contributed by atoms with E-state index in [-0.39, 0.29) is 17.4 Å². The van der Waals surface area contributed by atoms with Crippen LogP contribution >= 0.6 is 23.4 Å². The second-order valence-corrected chi connectivity index (χ2v) is 6.56. The summed E-state index contributed by atoms with van der Waals surface area (Å²) in [7, 11) is 1.41. The molecule has 3 rings (SSSR count). The molecule has 2 aliphatic heterocycles. The highest BCUT2D eigenvalue weighted by atomic mass is 35.5. The molecule has 0 aromatic carbocycles. The average Bonchev–Trinajstić information content (AvgIpc) is 2.95. The third-order valence-corrected chi connectivity index (χ3v) is 4.98. The zero-order chi connectivity index (χ0) is 14.8. The molecule has 0 spiro atoms. The molecule has 1 atom stereocenters. The Balaban J connectivity index is 1.73. The molecule has 1 amide bonds. The number of carbonyl (C=O) groups excluding carboxylic acids is 1. The molecular weight excluding hydrogens is 312 g/mol. The van der Waals surface area contributed by atoms with E-state index in [2.05, 4.69) is 15.3 Å². The zero-order valence-electron chi connectivity index (χ0n) is 11.8. The number of amides is 1. The maximum absolute atomic E-state index is 11.6. The van der Waals surface area contributed by atoms with E-state index < -0.39 is 0 Å². The molecule has 0 aliphatic carbocycles. The summed E-state index contributed by atoms with van der Waals surface area (Å²) in [4.78, 5) is 23.0. The van der Waals surface area contributed by atoms with E-state index in [9.17, 15) is 4.79 Å². The summed E-state index contributed by atoms with van der Waals surface area (Å²) in [5.41, 5.74) is 1.02. The number of nitrogens with one attached hydrogen (secondary N) is 1. The van der Waals surface area contributed by atoms with Gasteiger partial charge in [-0.1, -0.05) is 0 Å². The topological polar surface area (TPSA) is 67.3 Å². The summed E-state index contributed by atoms with van der Waals surface area (Å²) in [6, 6.07) is 0.161. The number of hydrogen-bond donors (Lipinski definition) is 1. The summed E-state index contributed by atoms with van der Waals surface area (Å²) in [6.07, 6.45) is 2.59. The van der Waals surface area contributed by atoms with Crippen LogP contribution in [0.25, 0.3) is 0 Å². The maximum Gasteiger partial charge on any atom is 0.409 e. The van der Waals surface area contributed by atoms with Gasteiger partial charge in [0.1, 0.15) is 5.82 Å². The number of likely N-dealkylation sites (tertiary alicyclic amines) is 1. The number of anilines is 1. The van der Waals surface area contributed by atoms with Crippen molar-refractivity contribution in [3.8, 4) is 0 Å². The Labute approximate surface area is 132 Å². The van der Waals surface area contributed by atoms with Crippen LogP contribution in [0.4, 0.5) is 10.6 Å². The minimum atomic E-state index is -0.276. The zero-order valence-corrected chi connectivity index (χ0v) is 13.3. The van der Waals surface area contributed by atoms with Gasteiger partial charge < -0.3 is 15.0 Å². The molecule has 6 nitrogen and oxygen atoms in total. The van der Waals surface area contributed by atoms with Crippen molar-refractivity contribution in [3.05, 3.63) is 11.0 Å². The number of aryl methyl sites for hydroxylation is 1. The number of ether oxygens (including phenoxy) is 1. The molecule has 0 unspecified atom stereocenters. The second-order valence-electron chi connectivity index (χ2n) is 5.12. The highest BCUT2D eigenvalue weighted by molar-refractivity contribution is 7.99. The first-order chi connectivity index (χ1) is 10.2. The Morgan fingerprint density at radius 3 is 3.19 bits per heavy atom. The predicted molar refractivity (Wildman–Crippen MR) is 82.1 cm³/mol. The van der Waals surface area contributed by atoms with Gasteiger partial charge in [-0.2, -0.15) is 4.98 Å². The van der Waals surface area contributed by atoms with Crippen LogP contribution in [0.15, 0.2) is 4.90 Å². The number of thioether (sulfide) groups is 1. The Kier molecular flexibility index (Phi) is 4.40. The van der Waals surface area contributed by atoms with Gasteiger partial charge in [0.2, 0.25) is 5.28 Å². The second kappa shape index (κ2) is 6.27. The molecule has 8 heteroatoms. The summed E-state index contributed by atoms with van der Waals surface area (Å²) in [5, 5.41) is 3.70. The standard InChI is InChI=1S/C13H17ClN4O2S/c1-20-13(19)18-5-2-3-8(7-18)15-11-10-9(4-6-21-10)16-12(14)17-11/h8H,2-7H2,1H3,(H,15,16,17)/t8-/m0/s1. The van der Waals surface area contributed by atoms with Crippen molar-refractivity contribution in [1.82, 2.24) is 14.9 Å². The van der Waals surface area contributed by atoms with E-state index in [0.29, 0.717) is 6.54 Å². The van der Waals surface area contributed by atoms with Crippen molar-refractivity contribution in [3.63, 3.8) is 0 Å². The summed E-state index contributed by atoms with van der Waals surface area (Å²) in [5.74, 6) is 1.81. The van der Waals surface area contributed by atoms with Crippen molar-refractivity contribution in [1.29, 1.82) is 0 Å². The van der Waals surface area contributed by atoms with E-state index in [4.69, 9.17) is 16.3 Å². The quantitative estimate of drug-likeness (QED) is 0.841. The van der Waals surface area contributed by atoms with Crippen molar-refractivity contribution < 1.29 is 9.53 Å². The fourth-order valence-corrected chi connectivity index (χ4v) is 3.96. The number of fused-ring (bicyclic) bond motifs is 1. The highest BCUT2D eigenvalue weighted by Gasteiger charge is 2.26. The van der Waals surface area contributed by atoms with Gasteiger partial charge in [-0.25, -0.2) is 9.78 Å². The van der Waals surface area contributed by atoms with E-state index in [1.54, 1.807) is 16.7 Å². The van der Waals surface area contributed by atoms with Crippen LogP contribution in [-0.4, -0.2) is 53.0 Å². The van der Waals surface area contributed by atoms with Crippen molar-refractivity contribution in [2.45, 2.75) is 30.2 Å². The molecule has 0 saturated carbocycles. The number of aromatic nitrogens is 2. The molecule has 1 aromatic rings. The van der Waals surface area contributed by atoms with Gasteiger partial charge in [0.05, 0.1) is 17.7 Å². The number of nitrogens with zero attached hydrogens (tertiary/aromatic N) is 3. The van der Waals surface area contributed by atoms with Crippen LogP contribution in [-0.2, 0) is 11.2 Å². The Morgan fingerprint density at radius 1 is 1.52 bits per heavy atom. The van der Waals surface area contributed by atoms with Crippen LogP contribution in [0.2, 0.25) is 5.28 Å². The lowest BCUT2D eigenvalue weighted by molar-refractivity contribution is 0.113. The monoisotopic (exact) mass is 328 g/mol. The number of methoxy groups -OCH3 is 1. The average molecular weight is 329 g/mol. The smallest absolute Gasteiger partial charge is 0.409 e. The van der Waals surface area contributed by atoms with E-state index in [1.807, 2.05) is 0 Å². The van der Waals surface area contributed by atoms with Gasteiger partial charge >= 0.3 is 6.09 Å². The van der Waals surface area contributed by atoms with Crippen LogP contribution in [0, 0.1) is 0 Å². The minimum Gasteiger partial charge on any atom is -0.453 e.